The lowest BCUT2D eigenvalue weighted by molar-refractivity contribution is -0.154. The van der Waals surface area contributed by atoms with Crippen molar-refractivity contribution in [2.24, 2.45) is 5.16 Å². The maximum atomic E-state index is 14.2. The molecule has 4 N–H and O–H groups in total. The van der Waals surface area contributed by atoms with Crippen molar-refractivity contribution in [2.75, 3.05) is 11.5 Å². The Bertz CT molecular complexity index is 1870. The maximum Gasteiger partial charge on any atom is 0.356 e. The third-order valence-corrected chi connectivity index (χ3v) is 10.1. The van der Waals surface area contributed by atoms with E-state index in [2.05, 4.69) is 25.7 Å². The molecule has 2 aromatic heterocycles. The smallest absolute Gasteiger partial charge is 0.356 e. The first-order valence-electron chi connectivity index (χ1n) is 14.4. The van der Waals surface area contributed by atoms with Gasteiger partial charge in [0.2, 0.25) is 0 Å². The molecule has 2 amide bonds. The Hall–Kier alpha value is -5.19. The van der Waals surface area contributed by atoms with Crippen LogP contribution < -0.4 is 11.1 Å². The van der Waals surface area contributed by atoms with Gasteiger partial charge in [-0.1, -0.05) is 77.6 Å². The van der Waals surface area contributed by atoms with Crippen LogP contribution >= 0.6 is 34.9 Å². The summed E-state index contributed by atoms with van der Waals surface area (Å²) in [6.45, 7) is 1.13. The van der Waals surface area contributed by atoms with E-state index in [9.17, 15) is 19.2 Å². The maximum absolute atomic E-state index is 14.2. The second-order valence-electron chi connectivity index (χ2n) is 10.3. The number of aromatic nitrogens is 3. The summed E-state index contributed by atoms with van der Waals surface area (Å²) in [6, 6.07) is 17.6. The number of nitrogen functional groups attached to an aromatic ring is 1. The standard InChI is InChI=1S/C32H27N7O6S3/c1-18(40)45-38-24(22-16-48-32(33)36-22)28(41)37-25-29(42)39-26(23(17-47-30(25)39)46-13-12-19-14-34-35-15-19)31(43)44-27(20-8-4-2-5-9-20)21-10-6-3-7-11-21/h2-16,25,27,30H,17H2,1H3,(H2,33,36)(H,34,35)(H,37,41)/b13-12-,38-24-/t25-,30-/m1/s1. The Kier molecular flexibility index (Phi) is 10.0. The third-order valence-electron chi connectivity index (χ3n) is 7.08. The van der Waals surface area contributed by atoms with Gasteiger partial charge >= 0.3 is 11.9 Å². The van der Waals surface area contributed by atoms with Crippen LogP contribution in [0.25, 0.3) is 6.08 Å². The molecular formula is C32H27N7O6S3. The average Bonchev–Trinajstić information content (AvgIpc) is 3.78. The molecule has 0 bridgehead atoms. The molecule has 0 radical (unpaired) electrons. The van der Waals surface area contributed by atoms with E-state index >= 15 is 0 Å². The number of esters is 1. The molecule has 2 atom stereocenters. The zero-order chi connectivity index (χ0) is 33.6. The molecule has 244 valence electrons. The molecule has 1 saturated heterocycles. The number of fused-ring (bicyclic) bond motifs is 1. The molecule has 2 aliphatic rings. The number of thioether (sulfide) groups is 2. The lowest BCUT2D eigenvalue weighted by atomic mass is 10.0. The number of carbonyl (C=O) groups excluding carboxylic acids is 4. The number of nitrogens with one attached hydrogen (secondary N) is 2. The highest BCUT2D eigenvalue weighted by atomic mass is 32.2. The van der Waals surface area contributed by atoms with Crippen molar-refractivity contribution in [1.82, 2.24) is 25.4 Å². The number of nitrogens with two attached hydrogens (primary N) is 1. The first kappa shape index (κ1) is 32.7. The van der Waals surface area contributed by atoms with Crippen LogP contribution in [0, 0.1) is 0 Å². The quantitative estimate of drug-likeness (QED) is 0.0674. The molecular weight excluding hydrogens is 675 g/mol. The summed E-state index contributed by atoms with van der Waals surface area (Å²) in [5.41, 5.74) is 7.93. The number of aromatic amines is 1. The van der Waals surface area contributed by atoms with E-state index in [1.54, 1.807) is 17.8 Å². The molecule has 6 rings (SSSR count). The molecule has 0 saturated carbocycles. The summed E-state index contributed by atoms with van der Waals surface area (Å²) in [6.07, 6.45) is 4.46. The van der Waals surface area contributed by atoms with Crippen LogP contribution in [0.4, 0.5) is 5.13 Å². The second kappa shape index (κ2) is 14.7. The Morgan fingerprint density at radius 2 is 1.85 bits per heavy atom. The van der Waals surface area contributed by atoms with E-state index in [-0.39, 0.29) is 22.2 Å². The minimum Gasteiger partial charge on any atom is -0.448 e. The molecule has 2 aromatic carbocycles. The highest BCUT2D eigenvalue weighted by Gasteiger charge is 2.55. The molecule has 0 spiro atoms. The summed E-state index contributed by atoms with van der Waals surface area (Å²) < 4.78 is 6.19. The summed E-state index contributed by atoms with van der Waals surface area (Å²) in [5, 5.41) is 15.8. The van der Waals surface area contributed by atoms with Gasteiger partial charge in [0.1, 0.15) is 22.8 Å². The highest BCUT2D eigenvalue weighted by Crippen LogP contribution is 2.45. The fourth-order valence-electron chi connectivity index (χ4n) is 4.89. The van der Waals surface area contributed by atoms with Gasteiger partial charge in [-0.15, -0.1) is 23.1 Å². The van der Waals surface area contributed by atoms with Crippen LogP contribution in [0.3, 0.4) is 0 Å². The molecule has 4 heterocycles. The van der Waals surface area contributed by atoms with E-state index in [1.807, 2.05) is 66.7 Å². The van der Waals surface area contributed by atoms with Crippen molar-refractivity contribution in [3.63, 3.8) is 0 Å². The van der Waals surface area contributed by atoms with E-state index in [0.29, 0.717) is 10.7 Å². The van der Waals surface area contributed by atoms with Crippen LogP contribution in [0.15, 0.2) is 99.6 Å². The predicted octanol–water partition coefficient (Wildman–Crippen LogP) is 4.06. The topological polar surface area (TPSA) is 182 Å². The van der Waals surface area contributed by atoms with E-state index in [1.165, 1.54) is 33.8 Å². The summed E-state index contributed by atoms with van der Waals surface area (Å²) in [5.74, 6) is -2.41. The van der Waals surface area contributed by atoms with Gasteiger partial charge in [-0.25, -0.2) is 14.6 Å². The Morgan fingerprint density at radius 3 is 2.46 bits per heavy atom. The van der Waals surface area contributed by atoms with Crippen molar-refractivity contribution in [3.05, 3.63) is 117 Å². The highest BCUT2D eigenvalue weighted by molar-refractivity contribution is 8.08. The molecule has 16 heteroatoms. The first-order valence-corrected chi connectivity index (χ1v) is 17.2. The summed E-state index contributed by atoms with van der Waals surface area (Å²) in [4.78, 5) is 63.5. The number of carbonyl (C=O) groups is 4. The van der Waals surface area contributed by atoms with Crippen molar-refractivity contribution in [2.45, 2.75) is 24.4 Å². The largest absolute Gasteiger partial charge is 0.448 e. The number of H-pyrrole nitrogens is 1. The number of β-lactam (4-membered cyclic amide) rings is 1. The number of benzene rings is 2. The SMILES string of the molecule is CC(=O)O/N=C(\C(=O)N[C@@H]1C(=O)N2C(C(=O)OC(c3ccccc3)c3ccccc3)=C(S/C=C\c3cn[nH]c3)CS[C@H]12)c1csc(N)n1. The minimum absolute atomic E-state index is 0.0799. The lowest BCUT2D eigenvalue weighted by Gasteiger charge is -2.49. The molecule has 1 fully saturated rings. The van der Waals surface area contributed by atoms with Gasteiger partial charge in [0, 0.05) is 34.7 Å². The number of oxime groups is 1. The van der Waals surface area contributed by atoms with Crippen molar-refractivity contribution < 1.29 is 28.8 Å². The molecule has 48 heavy (non-hydrogen) atoms. The van der Waals surface area contributed by atoms with Gasteiger partial charge < -0.3 is 20.6 Å². The number of anilines is 1. The minimum atomic E-state index is -1.02. The van der Waals surface area contributed by atoms with Crippen molar-refractivity contribution in [3.8, 4) is 0 Å². The first-order chi connectivity index (χ1) is 23.3. The molecule has 4 aromatic rings. The second-order valence-corrected chi connectivity index (χ2v) is 13.3. The van der Waals surface area contributed by atoms with Crippen LogP contribution in [0.1, 0.15) is 35.4 Å². The Morgan fingerprint density at radius 1 is 1.15 bits per heavy atom. The number of hydrogen-bond acceptors (Lipinski definition) is 13. The van der Waals surface area contributed by atoms with Crippen LogP contribution in [-0.4, -0.2) is 66.7 Å². The van der Waals surface area contributed by atoms with Gasteiger partial charge in [0.25, 0.3) is 11.8 Å². The fraction of sp³-hybridized carbons (Fsp3) is 0.156. The monoisotopic (exact) mass is 701 g/mol. The number of thiazole rings is 1. The number of rotatable bonds is 11. The van der Waals surface area contributed by atoms with Gasteiger partial charge in [-0.2, -0.15) is 5.10 Å². The van der Waals surface area contributed by atoms with Gasteiger partial charge in [0.05, 0.1) is 6.20 Å². The summed E-state index contributed by atoms with van der Waals surface area (Å²) in [7, 11) is 0. The van der Waals surface area contributed by atoms with Gasteiger partial charge in [-0.3, -0.25) is 19.6 Å². The van der Waals surface area contributed by atoms with Crippen molar-refractivity contribution >= 4 is 75.5 Å². The molecule has 2 aliphatic heterocycles. The normalized spacial score (nSPS) is 17.7. The lowest BCUT2D eigenvalue weighted by Crippen LogP contribution is -2.71. The van der Waals surface area contributed by atoms with E-state index < -0.39 is 41.3 Å². The van der Waals surface area contributed by atoms with Crippen LogP contribution in [0.5, 0.6) is 0 Å². The van der Waals surface area contributed by atoms with E-state index in [4.69, 9.17) is 15.3 Å². The molecule has 13 nitrogen and oxygen atoms in total. The van der Waals surface area contributed by atoms with Gasteiger partial charge in [0.15, 0.2) is 16.9 Å². The van der Waals surface area contributed by atoms with E-state index in [0.717, 1.165) is 35.0 Å². The van der Waals surface area contributed by atoms with Gasteiger partial charge in [-0.05, 0) is 22.6 Å². The zero-order valence-corrected chi connectivity index (χ0v) is 27.6. The van der Waals surface area contributed by atoms with Crippen LogP contribution in [0.2, 0.25) is 0 Å². The molecule has 0 unspecified atom stereocenters. The molecule has 0 aliphatic carbocycles. The fourth-order valence-corrected chi connectivity index (χ4v) is 7.79. The Balaban J connectivity index is 1.28. The average molecular weight is 702 g/mol. The number of amides is 2. The zero-order valence-electron chi connectivity index (χ0n) is 25.1. The number of ether oxygens (including phenoxy) is 1. The summed E-state index contributed by atoms with van der Waals surface area (Å²) >= 11 is 3.74. The van der Waals surface area contributed by atoms with Crippen molar-refractivity contribution in [1.29, 1.82) is 0 Å². The number of nitrogens with zero attached hydrogens (tertiary/aromatic N) is 4. The predicted molar refractivity (Wildman–Crippen MR) is 183 cm³/mol. The third kappa shape index (κ3) is 7.20. The number of hydrogen-bond donors (Lipinski definition) is 3. The van der Waals surface area contributed by atoms with Crippen LogP contribution in [-0.2, 0) is 28.8 Å². The Labute approximate surface area is 286 Å².